The van der Waals surface area contributed by atoms with Crippen LogP contribution in [0.15, 0.2) is 9.85 Å². The van der Waals surface area contributed by atoms with Crippen LogP contribution in [0.3, 0.4) is 0 Å². The Morgan fingerprint density at radius 2 is 2.33 bits per heavy atom. The van der Waals surface area contributed by atoms with Gasteiger partial charge in [0.2, 0.25) is 0 Å². The molecule has 2 N–H and O–H groups in total. The molecular formula is C6H7BrClNO2S. The summed E-state index contributed by atoms with van der Waals surface area (Å²) in [5.74, 6) is -0.391. The van der Waals surface area contributed by atoms with Gasteiger partial charge in [0.05, 0.1) is 16.6 Å². The van der Waals surface area contributed by atoms with E-state index in [2.05, 4.69) is 20.7 Å². The summed E-state index contributed by atoms with van der Waals surface area (Å²) < 4.78 is 5.33. The van der Waals surface area contributed by atoms with Crippen molar-refractivity contribution >= 4 is 51.3 Å². The highest BCUT2D eigenvalue weighted by Gasteiger charge is 2.12. The lowest BCUT2D eigenvalue weighted by Gasteiger charge is -1.94. The van der Waals surface area contributed by atoms with Gasteiger partial charge in [-0.1, -0.05) is 0 Å². The molecule has 1 aromatic rings. The van der Waals surface area contributed by atoms with Gasteiger partial charge in [0.25, 0.3) is 0 Å². The molecule has 3 nitrogen and oxygen atoms in total. The van der Waals surface area contributed by atoms with Crippen LogP contribution in [0.25, 0.3) is 0 Å². The van der Waals surface area contributed by atoms with Gasteiger partial charge in [-0.05, 0) is 22.0 Å². The molecule has 0 aliphatic carbocycles. The Kier molecular flexibility index (Phi) is 4.59. The Labute approximate surface area is 88.4 Å². The van der Waals surface area contributed by atoms with Gasteiger partial charge in [-0.25, -0.2) is 4.79 Å². The fraction of sp³-hybridized carbons (Fsp3) is 0.167. The van der Waals surface area contributed by atoms with E-state index in [1.54, 1.807) is 6.07 Å². The molecule has 6 heteroatoms. The summed E-state index contributed by atoms with van der Waals surface area (Å²) in [5, 5.41) is 0. The van der Waals surface area contributed by atoms with Crippen molar-refractivity contribution in [3.8, 4) is 0 Å². The van der Waals surface area contributed by atoms with Crippen molar-refractivity contribution in [3.05, 3.63) is 14.7 Å². The summed E-state index contributed by atoms with van der Waals surface area (Å²) >= 11 is 4.48. The number of hydrogen-bond donors (Lipinski definition) is 1. The largest absolute Gasteiger partial charge is 0.465 e. The summed E-state index contributed by atoms with van der Waals surface area (Å²) in [6, 6.07) is 1.68. The van der Waals surface area contributed by atoms with E-state index in [1.807, 2.05) is 0 Å². The normalized spacial score (nSPS) is 8.83. The fourth-order valence-electron chi connectivity index (χ4n) is 0.626. The van der Waals surface area contributed by atoms with Gasteiger partial charge >= 0.3 is 5.97 Å². The van der Waals surface area contributed by atoms with E-state index >= 15 is 0 Å². The molecule has 12 heavy (non-hydrogen) atoms. The van der Waals surface area contributed by atoms with Crippen molar-refractivity contribution in [2.75, 3.05) is 12.8 Å². The molecule has 0 radical (unpaired) electrons. The third-order valence-corrected chi connectivity index (χ3v) is 2.74. The number of hydrogen-bond acceptors (Lipinski definition) is 4. The molecule has 1 rings (SSSR count). The highest BCUT2D eigenvalue weighted by atomic mass is 79.9. The molecular weight excluding hydrogens is 265 g/mol. The highest BCUT2D eigenvalue weighted by molar-refractivity contribution is 9.11. The van der Waals surface area contributed by atoms with Gasteiger partial charge in [-0.3, -0.25) is 0 Å². The molecule has 0 aliphatic heterocycles. The van der Waals surface area contributed by atoms with Gasteiger partial charge in [-0.2, -0.15) is 0 Å². The Hall–Kier alpha value is -0.260. The number of methoxy groups -OCH3 is 1. The number of anilines is 1. The maximum Gasteiger partial charge on any atom is 0.350 e. The van der Waals surface area contributed by atoms with Crippen LogP contribution >= 0.6 is 39.7 Å². The minimum absolute atomic E-state index is 0. The van der Waals surface area contributed by atoms with Crippen LogP contribution in [-0.2, 0) is 4.74 Å². The van der Waals surface area contributed by atoms with E-state index in [0.29, 0.717) is 10.6 Å². The van der Waals surface area contributed by atoms with Crippen LogP contribution in [-0.4, -0.2) is 13.1 Å². The summed E-state index contributed by atoms with van der Waals surface area (Å²) in [6.07, 6.45) is 0. The molecule has 0 saturated heterocycles. The van der Waals surface area contributed by atoms with E-state index in [-0.39, 0.29) is 12.4 Å². The fourth-order valence-corrected chi connectivity index (χ4v) is 2.08. The molecule has 68 valence electrons. The predicted molar refractivity (Wildman–Crippen MR) is 55.0 cm³/mol. The maximum absolute atomic E-state index is 10.9. The molecule has 0 amide bonds. The molecule has 0 fully saturated rings. The first-order valence-electron chi connectivity index (χ1n) is 2.78. The number of rotatable bonds is 1. The molecule has 0 saturated carbocycles. The van der Waals surface area contributed by atoms with Gasteiger partial charge in [0.1, 0.15) is 4.88 Å². The van der Waals surface area contributed by atoms with Crippen molar-refractivity contribution in [3.63, 3.8) is 0 Å². The summed E-state index contributed by atoms with van der Waals surface area (Å²) in [6.45, 7) is 0. The third-order valence-electron chi connectivity index (χ3n) is 1.10. The maximum atomic E-state index is 10.9. The zero-order valence-electron chi connectivity index (χ0n) is 6.17. The predicted octanol–water partition coefficient (Wildman–Crippen LogP) is 2.30. The van der Waals surface area contributed by atoms with Crippen molar-refractivity contribution < 1.29 is 9.53 Å². The van der Waals surface area contributed by atoms with Crippen LogP contribution in [0.1, 0.15) is 9.67 Å². The summed E-state index contributed by atoms with van der Waals surface area (Å²) in [7, 11) is 1.33. The Morgan fingerprint density at radius 1 is 1.75 bits per heavy atom. The number of thiophene rings is 1. The number of carbonyl (C=O) groups is 1. The Morgan fingerprint density at radius 3 is 2.67 bits per heavy atom. The zero-order valence-corrected chi connectivity index (χ0v) is 9.38. The average molecular weight is 273 g/mol. The minimum Gasteiger partial charge on any atom is -0.465 e. The first-order chi connectivity index (χ1) is 5.15. The number of ether oxygens (including phenoxy) is 1. The van der Waals surface area contributed by atoms with Crippen molar-refractivity contribution in [1.82, 2.24) is 0 Å². The van der Waals surface area contributed by atoms with Crippen LogP contribution in [0.4, 0.5) is 5.69 Å². The van der Waals surface area contributed by atoms with Gasteiger partial charge < -0.3 is 10.5 Å². The molecule has 0 unspecified atom stereocenters. The minimum atomic E-state index is -0.391. The van der Waals surface area contributed by atoms with Crippen LogP contribution in [0.2, 0.25) is 0 Å². The quantitative estimate of drug-likeness (QED) is 0.798. The molecule has 1 aromatic heterocycles. The van der Waals surface area contributed by atoms with Crippen molar-refractivity contribution in [2.45, 2.75) is 0 Å². The molecule has 0 atom stereocenters. The second-order valence-corrected chi connectivity index (χ2v) is 4.26. The summed E-state index contributed by atoms with van der Waals surface area (Å²) in [5.41, 5.74) is 5.95. The first-order valence-corrected chi connectivity index (χ1v) is 4.39. The zero-order chi connectivity index (χ0) is 8.43. The Balaban J connectivity index is 0.00000121. The van der Waals surface area contributed by atoms with E-state index in [4.69, 9.17) is 5.73 Å². The number of carbonyl (C=O) groups excluding carboxylic acids is 1. The standard InChI is InChI=1S/C6H6BrNO2S.ClH/c1-10-6(9)5-3(8)2-4(7)11-5;/h2H,8H2,1H3;1H. The van der Waals surface area contributed by atoms with E-state index < -0.39 is 5.97 Å². The SMILES string of the molecule is COC(=O)c1sc(Br)cc1N.Cl. The van der Waals surface area contributed by atoms with E-state index in [1.165, 1.54) is 18.4 Å². The van der Waals surface area contributed by atoms with Crippen LogP contribution < -0.4 is 5.73 Å². The Bertz CT molecular complexity index is 289. The molecule has 1 heterocycles. The van der Waals surface area contributed by atoms with Crippen LogP contribution in [0, 0.1) is 0 Å². The number of nitrogens with two attached hydrogens (primary N) is 1. The second-order valence-electron chi connectivity index (χ2n) is 1.83. The molecule has 0 aromatic carbocycles. The number of nitrogen functional groups attached to an aromatic ring is 1. The van der Waals surface area contributed by atoms with E-state index in [9.17, 15) is 4.79 Å². The second kappa shape index (κ2) is 4.69. The first kappa shape index (κ1) is 11.7. The smallest absolute Gasteiger partial charge is 0.350 e. The van der Waals surface area contributed by atoms with Crippen molar-refractivity contribution in [2.24, 2.45) is 0 Å². The lowest BCUT2D eigenvalue weighted by Crippen LogP contribution is -2.00. The number of halogens is 2. The topological polar surface area (TPSA) is 52.3 Å². The lowest BCUT2D eigenvalue weighted by molar-refractivity contribution is 0.0607. The molecule has 0 bridgehead atoms. The third kappa shape index (κ3) is 2.36. The van der Waals surface area contributed by atoms with Gasteiger partial charge in [0.15, 0.2) is 0 Å². The van der Waals surface area contributed by atoms with Gasteiger partial charge in [-0.15, -0.1) is 23.7 Å². The summed E-state index contributed by atoms with van der Waals surface area (Å²) in [4.78, 5) is 11.4. The average Bonchev–Trinajstić information content (AvgIpc) is 2.28. The van der Waals surface area contributed by atoms with E-state index in [0.717, 1.165) is 3.79 Å². The molecule has 0 aliphatic rings. The highest BCUT2D eigenvalue weighted by Crippen LogP contribution is 2.29. The monoisotopic (exact) mass is 271 g/mol. The van der Waals surface area contributed by atoms with Crippen LogP contribution in [0.5, 0.6) is 0 Å². The number of esters is 1. The van der Waals surface area contributed by atoms with Crippen molar-refractivity contribution in [1.29, 1.82) is 0 Å². The van der Waals surface area contributed by atoms with Gasteiger partial charge in [0, 0.05) is 0 Å². The lowest BCUT2D eigenvalue weighted by atomic mass is 10.4. The molecule has 0 spiro atoms.